The van der Waals surface area contributed by atoms with Gasteiger partial charge in [0.05, 0.1) is 59.4 Å². The average Bonchev–Trinajstić information content (AvgIpc) is 3.97. The minimum atomic E-state index is -3.11. The van der Waals surface area contributed by atoms with Crippen molar-refractivity contribution < 1.29 is 36.7 Å². The summed E-state index contributed by atoms with van der Waals surface area (Å²) in [5.74, 6) is -3.94. The number of hydrogen-bond acceptors (Lipinski definition) is 11. The Bertz CT molecular complexity index is 2720. The van der Waals surface area contributed by atoms with E-state index < -0.39 is 60.1 Å². The smallest absolute Gasteiger partial charge is 0.329 e. The number of imide groups is 1. The van der Waals surface area contributed by atoms with E-state index in [0.717, 1.165) is 19.3 Å². The van der Waals surface area contributed by atoms with Gasteiger partial charge in [0.15, 0.2) is 11.3 Å². The number of fused-ring (bicyclic) bond motifs is 2. The number of nitrogens with one attached hydrogen (secondary N) is 2. The van der Waals surface area contributed by atoms with Crippen LogP contribution in [0.1, 0.15) is 98.8 Å². The van der Waals surface area contributed by atoms with Crippen LogP contribution in [0.15, 0.2) is 47.7 Å². The van der Waals surface area contributed by atoms with E-state index in [2.05, 4.69) is 25.7 Å². The van der Waals surface area contributed by atoms with Crippen LogP contribution < -0.4 is 26.1 Å². The second-order valence-corrected chi connectivity index (χ2v) is 18.5. The number of piperidine rings is 2. The lowest BCUT2D eigenvalue weighted by Gasteiger charge is -2.48. The molecule has 0 radical (unpaired) electrons. The number of anilines is 3. The van der Waals surface area contributed by atoms with E-state index in [4.69, 9.17) is 9.72 Å². The van der Waals surface area contributed by atoms with Crippen LogP contribution in [0.2, 0.25) is 0 Å². The predicted octanol–water partition coefficient (Wildman–Crippen LogP) is 5.08. The van der Waals surface area contributed by atoms with E-state index >= 15 is 8.78 Å². The molecule has 5 fully saturated rings. The topological polar surface area (TPSA) is 169 Å². The van der Waals surface area contributed by atoms with Crippen LogP contribution in [0.4, 0.5) is 34.8 Å². The standard InChI is InChI=1S/C44H52F4N12O5/c1-54(33-13-17-56(25-44(33,47)48)30-5-3-6-31-37(30)55(2)42(64)60(31)32-11-12-35(61)52-41(32)63)22-26-7-9-27(10-8-26)59-23-29(36(53-59)38(45)46)50-40(62)28-21-49-58-18-14-34(51-39(28)58)57-19-20-65-43(24-57)15-4-16-43/h3,5-6,14,18,21,23,26-27,32-33,38H,4,7-13,15-17,19-20,22,24-25H2,1-2H3,(H,50,62)(H,52,61,63). The van der Waals surface area contributed by atoms with Gasteiger partial charge in [-0.2, -0.15) is 10.2 Å². The molecule has 7 heterocycles. The largest absolute Gasteiger partial charge is 0.371 e. The Morgan fingerprint density at radius 1 is 1.03 bits per heavy atom. The molecule has 10 rings (SSSR count). The third-order valence-electron chi connectivity index (χ3n) is 14.4. The van der Waals surface area contributed by atoms with Gasteiger partial charge in [0, 0.05) is 52.0 Å². The van der Waals surface area contributed by atoms with Crippen molar-refractivity contribution in [3.05, 3.63) is 64.6 Å². The average molecular weight is 905 g/mol. The first-order valence-corrected chi connectivity index (χ1v) is 22.5. The summed E-state index contributed by atoms with van der Waals surface area (Å²) in [6, 6.07) is 4.77. The van der Waals surface area contributed by atoms with Gasteiger partial charge in [0.2, 0.25) is 11.8 Å². The Balaban J connectivity index is 0.769. The number of carbonyl (C=O) groups excluding carboxylic acids is 3. The molecule has 2 N–H and O–H groups in total. The highest BCUT2D eigenvalue weighted by molar-refractivity contribution is 6.08. The molecule has 3 amide bonds. The molecule has 5 aliphatic rings. The zero-order valence-corrected chi connectivity index (χ0v) is 36.3. The van der Waals surface area contributed by atoms with E-state index in [1.807, 2.05) is 6.07 Å². The van der Waals surface area contributed by atoms with E-state index in [1.54, 1.807) is 48.3 Å². The first-order valence-electron chi connectivity index (χ1n) is 22.5. The maximum atomic E-state index is 16.2. The van der Waals surface area contributed by atoms with Crippen molar-refractivity contribution in [2.45, 2.75) is 100 Å². The van der Waals surface area contributed by atoms with Gasteiger partial charge in [-0.3, -0.25) is 38.4 Å². The summed E-state index contributed by atoms with van der Waals surface area (Å²) in [6.45, 7) is 2.11. The van der Waals surface area contributed by atoms with Crippen LogP contribution in [-0.2, 0) is 21.4 Å². The molecular formula is C44H52F4N12O5. The maximum absolute atomic E-state index is 16.2. The van der Waals surface area contributed by atoms with Crippen molar-refractivity contribution in [1.29, 1.82) is 0 Å². The number of imidazole rings is 1. The number of para-hydroxylation sites is 1. The molecular weight excluding hydrogens is 853 g/mol. The van der Waals surface area contributed by atoms with E-state index in [-0.39, 0.29) is 48.1 Å². The van der Waals surface area contributed by atoms with Crippen molar-refractivity contribution in [1.82, 2.24) is 43.7 Å². The second-order valence-electron chi connectivity index (χ2n) is 18.5. The molecule has 1 aromatic carbocycles. The monoisotopic (exact) mass is 904 g/mol. The zero-order valence-electron chi connectivity index (χ0n) is 36.3. The zero-order chi connectivity index (χ0) is 45.4. The normalized spacial score (nSPS) is 24.6. The van der Waals surface area contributed by atoms with Gasteiger partial charge in [0.25, 0.3) is 18.3 Å². The highest BCUT2D eigenvalue weighted by atomic mass is 19.3. The summed E-state index contributed by atoms with van der Waals surface area (Å²) in [7, 11) is 3.27. The molecule has 2 aliphatic carbocycles. The third-order valence-corrected chi connectivity index (χ3v) is 14.4. The molecule has 0 bridgehead atoms. The van der Waals surface area contributed by atoms with Gasteiger partial charge in [-0.25, -0.2) is 31.9 Å². The first kappa shape index (κ1) is 43.1. The fraction of sp³-hybridized carbons (Fsp3) is 0.568. The number of amides is 3. The molecule has 21 heteroatoms. The molecule has 2 unspecified atom stereocenters. The Hall–Kier alpha value is -5.83. The number of rotatable bonds is 10. The molecule has 4 aromatic heterocycles. The number of aromatic nitrogens is 7. The Kier molecular flexibility index (Phi) is 11.0. The minimum Gasteiger partial charge on any atom is -0.371 e. The Morgan fingerprint density at radius 2 is 1.83 bits per heavy atom. The number of alkyl halides is 4. The fourth-order valence-electron chi connectivity index (χ4n) is 10.9. The molecule has 3 aliphatic heterocycles. The summed E-state index contributed by atoms with van der Waals surface area (Å²) in [6.07, 6.45) is 7.65. The molecule has 65 heavy (non-hydrogen) atoms. The van der Waals surface area contributed by atoms with Crippen LogP contribution in [-0.4, -0.2) is 120 Å². The summed E-state index contributed by atoms with van der Waals surface area (Å²) in [4.78, 5) is 61.9. The summed E-state index contributed by atoms with van der Waals surface area (Å²) in [5.41, 5.74) is 0.523. The van der Waals surface area contributed by atoms with Crippen molar-refractivity contribution in [2.75, 3.05) is 61.5 Å². The van der Waals surface area contributed by atoms with Gasteiger partial charge in [-0.1, -0.05) is 6.07 Å². The maximum Gasteiger partial charge on any atom is 0.329 e. The van der Waals surface area contributed by atoms with Crippen LogP contribution in [0.3, 0.4) is 0 Å². The van der Waals surface area contributed by atoms with Crippen LogP contribution in [0.5, 0.6) is 0 Å². The first-order chi connectivity index (χ1) is 31.2. The number of morpholine rings is 1. The molecule has 2 saturated carbocycles. The second kappa shape index (κ2) is 16.6. The molecule has 1 spiro atoms. The predicted molar refractivity (Wildman–Crippen MR) is 231 cm³/mol. The lowest BCUT2D eigenvalue weighted by molar-refractivity contribution is -0.135. The van der Waals surface area contributed by atoms with Gasteiger partial charge in [-0.05, 0) is 89.0 Å². The SMILES string of the molecule is CN(CC1CCC(n2cc(NC(=O)c3cnn4ccc(N5CCOC6(CCC6)C5)nc34)c(C(F)F)n2)CC1)C1CCN(c2cccc3c2n(C)c(=O)n3C2CCC(=O)NC2=O)CC1(F)F. The van der Waals surface area contributed by atoms with E-state index in [9.17, 15) is 28.0 Å². The van der Waals surface area contributed by atoms with Crippen LogP contribution in [0, 0.1) is 5.92 Å². The third kappa shape index (κ3) is 7.82. The lowest BCUT2D eigenvalue weighted by atomic mass is 9.79. The van der Waals surface area contributed by atoms with Crippen LogP contribution in [0.25, 0.3) is 16.7 Å². The van der Waals surface area contributed by atoms with Crippen molar-refractivity contribution in [3.63, 3.8) is 0 Å². The highest BCUT2D eigenvalue weighted by Gasteiger charge is 2.48. The summed E-state index contributed by atoms with van der Waals surface area (Å²) >= 11 is 0. The minimum absolute atomic E-state index is 0.0877. The van der Waals surface area contributed by atoms with Gasteiger partial charge < -0.3 is 19.9 Å². The quantitative estimate of drug-likeness (QED) is 0.142. The number of aryl methyl sites for hydroxylation is 1. The van der Waals surface area contributed by atoms with Crippen molar-refractivity contribution in [2.24, 2.45) is 13.0 Å². The number of ether oxygens (including phenoxy) is 1. The Labute approximate surface area is 370 Å². The van der Waals surface area contributed by atoms with Crippen molar-refractivity contribution in [3.8, 4) is 0 Å². The highest BCUT2D eigenvalue weighted by Crippen LogP contribution is 2.41. The number of nitrogens with zero attached hydrogens (tertiary/aromatic N) is 10. The number of halogens is 4. The Morgan fingerprint density at radius 3 is 2.55 bits per heavy atom. The molecule has 5 aromatic rings. The number of hydrogen-bond donors (Lipinski definition) is 2. The number of carbonyl (C=O) groups is 3. The molecule has 17 nitrogen and oxygen atoms in total. The summed E-state index contributed by atoms with van der Waals surface area (Å²) < 4.78 is 72.9. The van der Waals surface area contributed by atoms with Gasteiger partial charge in [-0.15, -0.1) is 0 Å². The van der Waals surface area contributed by atoms with E-state index in [1.165, 1.54) is 30.7 Å². The number of benzene rings is 1. The van der Waals surface area contributed by atoms with Gasteiger partial charge in [0.1, 0.15) is 17.4 Å². The van der Waals surface area contributed by atoms with E-state index in [0.29, 0.717) is 86.7 Å². The molecule has 2 atom stereocenters. The van der Waals surface area contributed by atoms with Crippen molar-refractivity contribution >= 4 is 51.6 Å². The summed E-state index contributed by atoms with van der Waals surface area (Å²) in [5, 5.41) is 13.5. The molecule has 3 saturated heterocycles. The fourth-order valence-corrected chi connectivity index (χ4v) is 10.9. The molecule has 346 valence electrons. The lowest BCUT2D eigenvalue weighted by Crippen LogP contribution is -2.58. The van der Waals surface area contributed by atoms with Crippen LogP contribution >= 0.6 is 0 Å². The van der Waals surface area contributed by atoms with Gasteiger partial charge >= 0.3 is 5.69 Å².